The molecule has 0 bridgehead atoms. The third-order valence-electron chi connectivity index (χ3n) is 2.61. The molecule has 2 rings (SSSR count). The Kier molecular flexibility index (Phi) is 4.42. The first-order valence-electron chi connectivity index (χ1n) is 5.57. The quantitative estimate of drug-likeness (QED) is 0.757. The van der Waals surface area contributed by atoms with Gasteiger partial charge in [0.2, 0.25) is 0 Å². The Hall–Kier alpha value is -1.84. The normalized spacial score (nSPS) is 9.85. The smallest absolute Gasteiger partial charge is 0.257 e. The first-order valence-corrected chi connectivity index (χ1v) is 7.16. The average Bonchev–Trinajstić information content (AvgIpc) is 2.43. The highest BCUT2D eigenvalue weighted by Gasteiger charge is 2.12. The fraction of sp³-hybridized carbons (Fsp3) is 0. The Morgan fingerprint density at radius 2 is 1.95 bits per heavy atom. The average molecular weight is 395 g/mol. The maximum atomic E-state index is 12.2. The Morgan fingerprint density at radius 1 is 1.20 bits per heavy atom. The third kappa shape index (κ3) is 3.18. The molecule has 6 heteroatoms. The van der Waals surface area contributed by atoms with Gasteiger partial charge in [0.15, 0.2) is 0 Å². The van der Waals surface area contributed by atoms with Crippen molar-refractivity contribution in [3.05, 3.63) is 56.5 Å². The van der Waals surface area contributed by atoms with Crippen LogP contribution in [0.4, 0.5) is 11.4 Å². The molecular weight excluding hydrogens is 386 g/mol. The number of nitrogens with zero attached hydrogens (tertiary/aromatic N) is 1. The van der Waals surface area contributed by atoms with E-state index in [1.165, 1.54) is 0 Å². The molecule has 2 aromatic rings. The highest BCUT2D eigenvalue weighted by Crippen LogP contribution is 2.25. The molecule has 0 heterocycles. The Morgan fingerprint density at radius 3 is 2.60 bits per heavy atom. The van der Waals surface area contributed by atoms with E-state index in [1.807, 2.05) is 6.07 Å². The van der Waals surface area contributed by atoms with E-state index < -0.39 is 0 Å². The first-order chi connectivity index (χ1) is 9.51. The molecule has 0 spiro atoms. The molecule has 0 radical (unpaired) electrons. The number of carbonyl (C=O) groups excluding carboxylic acids is 1. The van der Waals surface area contributed by atoms with Crippen molar-refractivity contribution >= 4 is 49.1 Å². The van der Waals surface area contributed by atoms with Crippen LogP contribution in [0.25, 0.3) is 0 Å². The number of amides is 1. The molecule has 0 atom stereocenters. The van der Waals surface area contributed by atoms with Gasteiger partial charge >= 0.3 is 0 Å². The molecule has 0 aliphatic rings. The van der Waals surface area contributed by atoms with Crippen LogP contribution in [-0.4, -0.2) is 5.91 Å². The summed E-state index contributed by atoms with van der Waals surface area (Å²) in [5.41, 5.74) is 7.66. The topological polar surface area (TPSA) is 78.9 Å². The summed E-state index contributed by atoms with van der Waals surface area (Å²) in [6, 6.07) is 12.0. The molecule has 0 unspecified atom stereocenters. The molecule has 0 saturated carbocycles. The summed E-state index contributed by atoms with van der Waals surface area (Å²) in [7, 11) is 0. The Balaban J connectivity index is 2.28. The SMILES string of the molecule is N#Cc1ccc(NC(=O)c2cc(Br)ccc2N)c(Br)c1. The number of carbonyl (C=O) groups is 1. The van der Waals surface area contributed by atoms with Crippen molar-refractivity contribution in [2.75, 3.05) is 11.1 Å². The summed E-state index contributed by atoms with van der Waals surface area (Å²) in [5.74, 6) is -0.311. The fourth-order valence-electron chi connectivity index (χ4n) is 1.60. The van der Waals surface area contributed by atoms with Crippen LogP contribution in [0.15, 0.2) is 45.3 Å². The van der Waals surface area contributed by atoms with Gasteiger partial charge in [0.05, 0.1) is 22.9 Å². The molecular formula is C14H9Br2N3O. The van der Waals surface area contributed by atoms with Crippen LogP contribution in [0.3, 0.4) is 0 Å². The number of nitrogens with one attached hydrogen (secondary N) is 1. The molecule has 3 N–H and O–H groups in total. The lowest BCUT2D eigenvalue weighted by atomic mass is 10.1. The molecule has 0 aromatic heterocycles. The van der Waals surface area contributed by atoms with Crippen LogP contribution in [0.5, 0.6) is 0 Å². The maximum Gasteiger partial charge on any atom is 0.257 e. The van der Waals surface area contributed by atoms with Crippen LogP contribution in [0.1, 0.15) is 15.9 Å². The number of rotatable bonds is 2. The van der Waals surface area contributed by atoms with E-state index in [9.17, 15) is 4.79 Å². The van der Waals surface area contributed by atoms with Gasteiger partial charge in [-0.15, -0.1) is 0 Å². The second kappa shape index (κ2) is 6.07. The van der Waals surface area contributed by atoms with Gasteiger partial charge in [-0.05, 0) is 52.3 Å². The highest BCUT2D eigenvalue weighted by molar-refractivity contribution is 9.10. The van der Waals surface area contributed by atoms with E-state index in [0.717, 1.165) is 4.47 Å². The van der Waals surface area contributed by atoms with Crippen LogP contribution < -0.4 is 11.1 Å². The van der Waals surface area contributed by atoms with Crippen molar-refractivity contribution in [3.63, 3.8) is 0 Å². The lowest BCUT2D eigenvalue weighted by Gasteiger charge is -2.09. The molecule has 0 aliphatic heterocycles. The van der Waals surface area contributed by atoms with Gasteiger partial charge in [0.1, 0.15) is 0 Å². The van der Waals surface area contributed by atoms with Gasteiger partial charge in [-0.2, -0.15) is 5.26 Å². The lowest BCUT2D eigenvalue weighted by molar-refractivity contribution is 0.102. The molecule has 2 aromatic carbocycles. The van der Waals surface area contributed by atoms with Crippen molar-refractivity contribution in [2.45, 2.75) is 0 Å². The lowest BCUT2D eigenvalue weighted by Crippen LogP contribution is -2.14. The van der Waals surface area contributed by atoms with Crippen molar-refractivity contribution < 1.29 is 4.79 Å². The van der Waals surface area contributed by atoms with E-state index >= 15 is 0 Å². The first kappa shape index (κ1) is 14.6. The predicted molar refractivity (Wildman–Crippen MR) is 85.4 cm³/mol. The van der Waals surface area contributed by atoms with Crippen LogP contribution >= 0.6 is 31.9 Å². The highest BCUT2D eigenvalue weighted by atomic mass is 79.9. The number of hydrogen-bond donors (Lipinski definition) is 2. The van der Waals surface area contributed by atoms with E-state index in [0.29, 0.717) is 27.0 Å². The summed E-state index contributed by atoms with van der Waals surface area (Å²) in [5, 5.41) is 11.5. The second-order valence-electron chi connectivity index (χ2n) is 3.99. The summed E-state index contributed by atoms with van der Waals surface area (Å²) in [6.07, 6.45) is 0. The monoisotopic (exact) mass is 393 g/mol. The van der Waals surface area contributed by atoms with Crippen molar-refractivity contribution in [3.8, 4) is 6.07 Å². The summed E-state index contributed by atoms with van der Waals surface area (Å²) >= 11 is 6.62. The van der Waals surface area contributed by atoms with E-state index in [2.05, 4.69) is 37.2 Å². The minimum atomic E-state index is -0.311. The Labute approximate surface area is 132 Å². The van der Waals surface area contributed by atoms with Gasteiger partial charge in [0, 0.05) is 14.6 Å². The fourth-order valence-corrected chi connectivity index (χ4v) is 2.44. The summed E-state index contributed by atoms with van der Waals surface area (Å²) < 4.78 is 1.41. The molecule has 0 saturated heterocycles. The number of anilines is 2. The van der Waals surface area contributed by atoms with Gasteiger partial charge in [-0.1, -0.05) is 15.9 Å². The largest absolute Gasteiger partial charge is 0.398 e. The zero-order valence-corrected chi connectivity index (χ0v) is 13.3. The van der Waals surface area contributed by atoms with Crippen LogP contribution in [-0.2, 0) is 0 Å². The number of nitrogen functional groups attached to an aromatic ring is 1. The van der Waals surface area contributed by atoms with Crippen molar-refractivity contribution in [1.82, 2.24) is 0 Å². The van der Waals surface area contributed by atoms with Gasteiger partial charge in [0.25, 0.3) is 5.91 Å². The van der Waals surface area contributed by atoms with Crippen molar-refractivity contribution in [2.24, 2.45) is 0 Å². The number of hydrogen-bond acceptors (Lipinski definition) is 3. The molecule has 0 fully saturated rings. The third-order valence-corrected chi connectivity index (χ3v) is 3.76. The predicted octanol–water partition coefficient (Wildman–Crippen LogP) is 3.92. The van der Waals surface area contributed by atoms with Crippen molar-refractivity contribution in [1.29, 1.82) is 5.26 Å². The maximum absolute atomic E-state index is 12.2. The van der Waals surface area contributed by atoms with Crippen LogP contribution in [0, 0.1) is 11.3 Å². The zero-order valence-electron chi connectivity index (χ0n) is 10.2. The summed E-state index contributed by atoms with van der Waals surface area (Å²) in [4.78, 5) is 12.2. The molecule has 0 aliphatic carbocycles. The minimum absolute atomic E-state index is 0.311. The van der Waals surface area contributed by atoms with E-state index in [4.69, 9.17) is 11.0 Å². The number of nitriles is 1. The molecule has 20 heavy (non-hydrogen) atoms. The van der Waals surface area contributed by atoms with E-state index in [1.54, 1.807) is 36.4 Å². The Bertz CT molecular complexity index is 723. The number of nitrogens with two attached hydrogens (primary N) is 1. The van der Waals surface area contributed by atoms with E-state index in [-0.39, 0.29) is 5.91 Å². The van der Waals surface area contributed by atoms with Crippen LogP contribution in [0.2, 0.25) is 0 Å². The molecule has 4 nitrogen and oxygen atoms in total. The molecule has 1 amide bonds. The zero-order chi connectivity index (χ0) is 14.7. The minimum Gasteiger partial charge on any atom is -0.398 e. The summed E-state index contributed by atoms with van der Waals surface area (Å²) in [6.45, 7) is 0. The number of halogens is 2. The number of benzene rings is 2. The second-order valence-corrected chi connectivity index (χ2v) is 5.76. The van der Waals surface area contributed by atoms with Gasteiger partial charge in [-0.3, -0.25) is 4.79 Å². The van der Waals surface area contributed by atoms with Gasteiger partial charge in [-0.25, -0.2) is 0 Å². The molecule has 100 valence electrons. The standard InChI is InChI=1S/C14H9Br2N3O/c15-9-2-3-12(18)10(6-9)14(20)19-13-4-1-8(7-17)5-11(13)16/h1-6H,18H2,(H,19,20). The van der Waals surface area contributed by atoms with Gasteiger partial charge < -0.3 is 11.1 Å².